The molecule has 3 aliphatic rings. The number of fused-ring (bicyclic) bond motifs is 2. The van der Waals surface area contributed by atoms with Crippen molar-refractivity contribution in [1.29, 1.82) is 0 Å². The molecule has 2 aromatic rings. The predicted octanol–water partition coefficient (Wildman–Crippen LogP) is 4.51. The Bertz CT molecular complexity index is 1030. The van der Waals surface area contributed by atoms with E-state index in [0.717, 1.165) is 15.6 Å². The summed E-state index contributed by atoms with van der Waals surface area (Å²) >= 11 is 3.41. The van der Waals surface area contributed by atoms with E-state index in [9.17, 15) is 10.2 Å². The van der Waals surface area contributed by atoms with Gasteiger partial charge < -0.3 is 20.0 Å². The van der Waals surface area contributed by atoms with E-state index in [-0.39, 0.29) is 11.8 Å². The van der Waals surface area contributed by atoms with Crippen LogP contribution in [0.1, 0.15) is 6.92 Å². The number of anilines is 2. The molecule has 0 aromatic heterocycles. The van der Waals surface area contributed by atoms with Crippen molar-refractivity contribution in [2.24, 2.45) is 11.8 Å². The van der Waals surface area contributed by atoms with Crippen molar-refractivity contribution in [2.75, 3.05) is 23.9 Å². The Morgan fingerprint density at radius 2 is 1.41 bits per heavy atom. The van der Waals surface area contributed by atoms with E-state index in [1.54, 1.807) is 23.5 Å². The van der Waals surface area contributed by atoms with Crippen molar-refractivity contribution < 1.29 is 10.2 Å². The molecule has 4 nitrogen and oxygen atoms in total. The first-order valence-electron chi connectivity index (χ1n) is 9.77. The second-order valence-electron chi connectivity index (χ2n) is 7.83. The molecule has 29 heavy (non-hydrogen) atoms. The highest BCUT2D eigenvalue weighted by Gasteiger charge is 2.50. The molecule has 150 valence electrons. The van der Waals surface area contributed by atoms with Crippen LogP contribution in [0.2, 0.25) is 0 Å². The minimum Gasteiger partial charge on any atom is -0.392 e. The molecule has 2 aliphatic heterocycles. The molecular formula is C23H24N2O2S2. The molecule has 2 aromatic carbocycles. The van der Waals surface area contributed by atoms with Crippen LogP contribution in [0.15, 0.2) is 80.0 Å². The van der Waals surface area contributed by atoms with Gasteiger partial charge in [0.25, 0.3) is 0 Å². The second kappa shape index (κ2) is 7.13. The van der Waals surface area contributed by atoms with E-state index in [4.69, 9.17) is 0 Å². The monoisotopic (exact) mass is 424 g/mol. The van der Waals surface area contributed by atoms with Gasteiger partial charge >= 0.3 is 0 Å². The molecule has 0 saturated heterocycles. The molecule has 0 amide bonds. The number of aliphatic hydroxyl groups excluding tert-OH is 2. The first-order chi connectivity index (χ1) is 14.0. The van der Waals surface area contributed by atoms with Crippen LogP contribution < -0.4 is 9.80 Å². The van der Waals surface area contributed by atoms with E-state index in [1.165, 1.54) is 21.2 Å². The molecule has 2 heterocycles. The third kappa shape index (κ3) is 2.93. The predicted molar refractivity (Wildman–Crippen MR) is 121 cm³/mol. The van der Waals surface area contributed by atoms with Gasteiger partial charge in [0.15, 0.2) is 0 Å². The summed E-state index contributed by atoms with van der Waals surface area (Å²) in [6.45, 7) is 2.04. The van der Waals surface area contributed by atoms with Gasteiger partial charge in [-0.15, -0.1) is 0 Å². The Hall–Kier alpha value is -1.86. The van der Waals surface area contributed by atoms with Crippen molar-refractivity contribution in [2.45, 2.75) is 28.9 Å². The van der Waals surface area contributed by atoms with Crippen LogP contribution in [-0.2, 0) is 0 Å². The van der Waals surface area contributed by atoms with Gasteiger partial charge in [-0.2, -0.15) is 0 Å². The van der Waals surface area contributed by atoms with Crippen molar-refractivity contribution in [3.63, 3.8) is 0 Å². The SMILES string of the molecule is CC(=C1Sc2ccccc2N1C)C1C(O)C(C=C2Sc3ccccc3N2C)C1O. The summed E-state index contributed by atoms with van der Waals surface area (Å²) in [6, 6.07) is 16.6. The van der Waals surface area contributed by atoms with Crippen molar-refractivity contribution in [1.82, 2.24) is 0 Å². The van der Waals surface area contributed by atoms with Crippen molar-refractivity contribution in [3.8, 4) is 0 Å². The first kappa shape index (κ1) is 19.1. The van der Waals surface area contributed by atoms with Gasteiger partial charge in [-0.1, -0.05) is 47.8 Å². The molecule has 0 spiro atoms. The zero-order chi connectivity index (χ0) is 20.3. The average Bonchev–Trinajstić information content (AvgIpc) is 3.24. The maximum absolute atomic E-state index is 10.9. The third-order valence-corrected chi connectivity index (χ3v) is 8.75. The summed E-state index contributed by atoms with van der Waals surface area (Å²) in [4.78, 5) is 6.72. The lowest BCUT2D eigenvalue weighted by Crippen LogP contribution is -2.55. The molecule has 1 saturated carbocycles. The number of aliphatic hydroxyl groups is 2. The van der Waals surface area contributed by atoms with E-state index in [1.807, 2.05) is 44.3 Å². The Kier molecular flexibility index (Phi) is 4.70. The van der Waals surface area contributed by atoms with Gasteiger partial charge in [-0.25, -0.2) is 0 Å². The lowest BCUT2D eigenvalue weighted by molar-refractivity contribution is -0.115. The van der Waals surface area contributed by atoms with E-state index in [2.05, 4.69) is 41.1 Å². The Morgan fingerprint density at radius 3 is 2.00 bits per heavy atom. The smallest absolute Gasteiger partial charge is 0.0792 e. The fourth-order valence-electron chi connectivity index (χ4n) is 4.47. The highest BCUT2D eigenvalue weighted by molar-refractivity contribution is 8.04. The van der Waals surface area contributed by atoms with E-state index in [0.29, 0.717) is 0 Å². The zero-order valence-electron chi connectivity index (χ0n) is 16.6. The highest BCUT2D eigenvalue weighted by Crippen LogP contribution is 2.52. The van der Waals surface area contributed by atoms with Crippen molar-refractivity contribution in [3.05, 3.63) is 70.2 Å². The molecule has 0 bridgehead atoms. The Labute approximate surface area is 179 Å². The number of thioether (sulfide) groups is 2. The maximum atomic E-state index is 10.9. The van der Waals surface area contributed by atoms with Crippen LogP contribution in [-0.4, -0.2) is 36.5 Å². The van der Waals surface area contributed by atoms with Crippen LogP contribution in [0.25, 0.3) is 0 Å². The molecule has 5 rings (SSSR count). The zero-order valence-corrected chi connectivity index (χ0v) is 18.2. The van der Waals surface area contributed by atoms with Gasteiger partial charge in [0.2, 0.25) is 0 Å². The largest absolute Gasteiger partial charge is 0.392 e. The maximum Gasteiger partial charge on any atom is 0.0792 e. The summed E-state index contributed by atoms with van der Waals surface area (Å²) in [5.74, 6) is -0.496. The van der Waals surface area contributed by atoms with Gasteiger partial charge in [-0.05, 0) is 42.8 Å². The number of nitrogens with zero attached hydrogens (tertiary/aromatic N) is 2. The van der Waals surface area contributed by atoms with Gasteiger partial charge in [0, 0.05) is 35.7 Å². The van der Waals surface area contributed by atoms with Crippen LogP contribution >= 0.6 is 23.5 Å². The standard InChI is InChI=1S/C23H24N2O2S2/c1-13(23-25(3)16-9-5-7-11-18(16)29-23)20-21(26)14(22(20)27)12-19-24(2)15-8-4-6-10-17(15)28-19/h4-12,14,20-22,26-27H,1-3H3. The van der Waals surface area contributed by atoms with Crippen LogP contribution in [0.4, 0.5) is 11.4 Å². The fraction of sp³-hybridized carbons (Fsp3) is 0.304. The second-order valence-corrected chi connectivity index (χ2v) is 9.93. The van der Waals surface area contributed by atoms with E-state index >= 15 is 0 Å². The molecule has 1 fully saturated rings. The van der Waals surface area contributed by atoms with Gasteiger partial charge in [0.05, 0.1) is 33.6 Å². The number of para-hydroxylation sites is 2. The number of rotatable bonds is 2. The number of hydrogen-bond donors (Lipinski definition) is 2. The molecular weight excluding hydrogens is 400 g/mol. The normalized spacial score (nSPS) is 31.0. The topological polar surface area (TPSA) is 46.9 Å². The molecule has 2 unspecified atom stereocenters. The summed E-state index contributed by atoms with van der Waals surface area (Å²) in [7, 11) is 4.09. The average molecular weight is 425 g/mol. The van der Waals surface area contributed by atoms with Gasteiger partial charge in [-0.3, -0.25) is 0 Å². The number of benzene rings is 2. The summed E-state index contributed by atoms with van der Waals surface area (Å²) in [6.07, 6.45) is 0.871. The minimum atomic E-state index is -0.583. The van der Waals surface area contributed by atoms with Crippen LogP contribution in [0.3, 0.4) is 0 Å². The molecule has 2 atom stereocenters. The quantitative estimate of drug-likeness (QED) is 0.740. The lowest BCUT2D eigenvalue weighted by Gasteiger charge is -2.46. The molecule has 6 heteroatoms. The summed E-state index contributed by atoms with van der Waals surface area (Å²) < 4.78 is 0. The summed E-state index contributed by atoms with van der Waals surface area (Å²) in [5, 5.41) is 24.1. The third-order valence-electron chi connectivity index (χ3n) is 6.21. The first-order valence-corrected chi connectivity index (χ1v) is 11.4. The minimum absolute atomic E-state index is 0.241. The van der Waals surface area contributed by atoms with Crippen LogP contribution in [0, 0.1) is 11.8 Å². The molecule has 0 radical (unpaired) electrons. The lowest BCUT2D eigenvalue weighted by atomic mass is 9.66. The van der Waals surface area contributed by atoms with E-state index < -0.39 is 12.2 Å². The van der Waals surface area contributed by atoms with Crippen LogP contribution in [0.5, 0.6) is 0 Å². The van der Waals surface area contributed by atoms with Gasteiger partial charge in [0.1, 0.15) is 0 Å². The highest BCUT2D eigenvalue weighted by atomic mass is 32.2. The summed E-state index contributed by atoms with van der Waals surface area (Å²) in [5.41, 5.74) is 3.40. The molecule has 2 N–H and O–H groups in total. The molecule has 1 aliphatic carbocycles. The fourth-order valence-corrected chi connectivity index (χ4v) is 6.81. The number of hydrogen-bond acceptors (Lipinski definition) is 6. The Balaban J connectivity index is 1.37. The van der Waals surface area contributed by atoms with Crippen molar-refractivity contribution >= 4 is 34.9 Å². The Morgan fingerprint density at radius 1 is 0.862 bits per heavy atom.